The molecule has 2 rings (SSSR count). The molecule has 1 saturated heterocycles. The number of nitrogens with zero attached hydrogens (tertiary/aromatic N) is 2. The highest BCUT2D eigenvalue weighted by molar-refractivity contribution is 5.97. The van der Waals surface area contributed by atoms with Crippen LogP contribution in [0.2, 0.25) is 0 Å². The zero-order valence-electron chi connectivity index (χ0n) is 15.5. The third-order valence-electron chi connectivity index (χ3n) is 4.51. The maximum atomic E-state index is 12.9. The monoisotopic (exact) mass is 391 g/mol. The molecular weight excluding hydrogens is 361 g/mol. The first-order valence-electron chi connectivity index (χ1n) is 8.22. The van der Waals surface area contributed by atoms with Crippen LogP contribution in [-0.2, 0) is 0 Å². The summed E-state index contributed by atoms with van der Waals surface area (Å²) in [7, 11) is 4.00. The normalized spacial score (nSPS) is 19.0. The maximum Gasteiger partial charge on any atom is 0.257 e. The number of piperidine rings is 1. The molecule has 25 heavy (non-hydrogen) atoms. The van der Waals surface area contributed by atoms with Crippen molar-refractivity contribution in [1.29, 1.82) is 0 Å². The van der Waals surface area contributed by atoms with Crippen LogP contribution in [0.25, 0.3) is 0 Å². The van der Waals surface area contributed by atoms with E-state index < -0.39 is 0 Å². The molecule has 144 valence electrons. The Balaban J connectivity index is 0.00000288. The van der Waals surface area contributed by atoms with E-state index in [-0.39, 0.29) is 42.2 Å². The van der Waals surface area contributed by atoms with E-state index in [9.17, 15) is 4.79 Å². The highest BCUT2D eigenvalue weighted by Crippen LogP contribution is 2.30. The van der Waals surface area contributed by atoms with Crippen LogP contribution >= 0.6 is 24.8 Å². The van der Waals surface area contributed by atoms with Crippen molar-refractivity contribution in [2.24, 2.45) is 11.1 Å². The molecule has 5 nitrogen and oxygen atoms in total. The van der Waals surface area contributed by atoms with Gasteiger partial charge in [0.25, 0.3) is 5.91 Å². The third kappa shape index (κ3) is 6.33. The van der Waals surface area contributed by atoms with Gasteiger partial charge in [-0.3, -0.25) is 4.79 Å². The minimum absolute atomic E-state index is 0. The number of rotatable bonds is 5. The van der Waals surface area contributed by atoms with E-state index in [0.29, 0.717) is 31.0 Å². The van der Waals surface area contributed by atoms with Gasteiger partial charge in [-0.1, -0.05) is 26.0 Å². The fourth-order valence-corrected chi connectivity index (χ4v) is 2.82. The Bertz CT molecular complexity index is 553. The molecule has 1 heterocycles. The van der Waals surface area contributed by atoms with Crippen molar-refractivity contribution < 1.29 is 9.53 Å². The minimum atomic E-state index is -0.0609. The zero-order chi connectivity index (χ0) is 17.0. The largest absolute Gasteiger partial charge is 0.491 e. The number of halogens is 2. The highest BCUT2D eigenvalue weighted by atomic mass is 35.5. The lowest BCUT2D eigenvalue weighted by molar-refractivity contribution is 0.0529. The van der Waals surface area contributed by atoms with E-state index in [0.717, 1.165) is 13.0 Å². The Kier molecular flexibility index (Phi) is 9.80. The lowest BCUT2D eigenvalue weighted by Crippen LogP contribution is -2.54. The van der Waals surface area contributed by atoms with E-state index >= 15 is 0 Å². The molecule has 1 aliphatic heterocycles. The Morgan fingerprint density at radius 2 is 1.96 bits per heavy atom. The second-order valence-electron chi connectivity index (χ2n) is 7.26. The highest BCUT2D eigenvalue weighted by Gasteiger charge is 2.36. The van der Waals surface area contributed by atoms with Crippen LogP contribution in [0.4, 0.5) is 0 Å². The van der Waals surface area contributed by atoms with Gasteiger partial charge in [-0.15, -0.1) is 24.8 Å². The van der Waals surface area contributed by atoms with Gasteiger partial charge in [-0.2, -0.15) is 0 Å². The van der Waals surface area contributed by atoms with Crippen molar-refractivity contribution in [3.8, 4) is 5.75 Å². The van der Waals surface area contributed by atoms with Crippen LogP contribution in [0.15, 0.2) is 24.3 Å². The van der Waals surface area contributed by atoms with E-state index in [4.69, 9.17) is 10.5 Å². The molecule has 0 aliphatic carbocycles. The number of hydrogen-bond acceptors (Lipinski definition) is 4. The summed E-state index contributed by atoms with van der Waals surface area (Å²) in [4.78, 5) is 16.9. The molecule has 1 aliphatic rings. The molecule has 2 N–H and O–H groups in total. The average Bonchev–Trinajstić information content (AvgIpc) is 2.49. The zero-order valence-corrected chi connectivity index (χ0v) is 17.2. The molecule has 1 unspecified atom stereocenters. The number of benzene rings is 1. The predicted molar refractivity (Wildman–Crippen MR) is 107 cm³/mol. The number of likely N-dealkylation sites (tertiary alicyclic amines) is 1. The summed E-state index contributed by atoms with van der Waals surface area (Å²) in [5.41, 5.74) is 6.75. The lowest BCUT2D eigenvalue weighted by atomic mass is 9.79. The average molecular weight is 392 g/mol. The van der Waals surface area contributed by atoms with E-state index in [1.807, 2.05) is 43.3 Å². The summed E-state index contributed by atoms with van der Waals surface area (Å²) in [6, 6.07) is 7.63. The second kappa shape index (κ2) is 10.2. The fourth-order valence-electron chi connectivity index (χ4n) is 2.82. The Labute approximate surface area is 163 Å². The minimum Gasteiger partial charge on any atom is -0.491 e. The van der Waals surface area contributed by atoms with Crippen molar-refractivity contribution >= 4 is 30.7 Å². The van der Waals surface area contributed by atoms with Gasteiger partial charge in [0.15, 0.2) is 0 Å². The second-order valence-corrected chi connectivity index (χ2v) is 7.26. The number of carbonyl (C=O) groups is 1. The maximum absolute atomic E-state index is 12.9. The van der Waals surface area contributed by atoms with Gasteiger partial charge in [-0.25, -0.2) is 0 Å². The summed E-state index contributed by atoms with van der Waals surface area (Å²) in [5.74, 6) is 0.692. The van der Waals surface area contributed by atoms with Crippen molar-refractivity contribution in [2.75, 3.05) is 40.3 Å². The molecule has 0 spiro atoms. The standard InChI is InChI=1S/C18H29N3O2.2ClH/c1-18(2)13-21(10-9-16(18)19)17(22)14-7-5-6-8-15(14)23-12-11-20(3)4;;/h5-8,16H,9-13,19H2,1-4H3;2*1H. The number of ether oxygens (including phenoxy) is 1. The topological polar surface area (TPSA) is 58.8 Å². The van der Waals surface area contributed by atoms with Crippen LogP contribution in [0.1, 0.15) is 30.6 Å². The van der Waals surface area contributed by atoms with Gasteiger partial charge >= 0.3 is 0 Å². The van der Waals surface area contributed by atoms with Gasteiger partial charge in [0.05, 0.1) is 5.56 Å². The molecule has 1 fully saturated rings. The van der Waals surface area contributed by atoms with Gasteiger partial charge in [0, 0.05) is 25.7 Å². The first-order chi connectivity index (χ1) is 10.8. The van der Waals surface area contributed by atoms with Crippen LogP contribution in [-0.4, -0.2) is 62.1 Å². The molecule has 1 atom stereocenters. The quantitative estimate of drug-likeness (QED) is 0.837. The third-order valence-corrected chi connectivity index (χ3v) is 4.51. The molecule has 1 aromatic carbocycles. The number of likely N-dealkylation sites (N-methyl/N-ethyl adjacent to an activating group) is 1. The Morgan fingerprint density at radius 1 is 1.32 bits per heavy atom. The molecule has 1 aromatic rings. The van der Waals surface area contributed by atoms with Crippen molar-refractivity contribution in [1.82, 2.24) is 9.80 Å². The van der Waals surface area contributed by atoms with Gasteiger partial charge in [0.2, 0.25) is 0 Å². The lowest BCUT2D eigenvalue weighted by Gasteiger charge is -2.42. The van der Waals surface area contributed by atoms with E-state index in [1.54, 1.807) is 0 Å². The summed E-state index contributed by atoms with van der Waals surface area (Å²) in [6.45, 7) is 7.00. The Hall–Kier alpha value is -1.01. The number of carbonyl (C=O) groups excluding carboxylic acids is 1. The first-order valence-corrected chi connectivity index (χ1v) is 8.22. The SMILES string of the molecule is CN(C)CCOc1ccccc1C(=O)N1CCC(N)C(C)(C)C1.Cl.Cl. The fraction of sp³-hybridized carbons (Fsp3) is 0.611. The molecular formula is C18H31Cl2N3O2. The molecule has 1 amide bonds. The van der Waals surface area contributed by atoms with Gasteiger partial charge < -0.3 is 20.3 Å². The van der Waals surface area contributed by atoms with Crippen LogP contribution in [0, 0.1) is 5.41 Å². The summed E-state index contributed by atoms with van der Waals surface area (Å²) in [6.07, 6.45) is 0.836. The molecule has 0 radical (unpaired) electrons. The van der Waals surface area contributed by atoms with Crippen molar-refractivity contribution in [2.45, 2.75) is 26.3 Å². The van der Waals surface area contributed by atoms with E-state index in [1.165, 1.54) is 0 Å². The van der Waals surface area contributed by atoms with Crippen molar-refractivity contribution in [3.05, 3.63) is 29.8 Å². The number of para-hydroxylation sites is 1. The Morgan fingerprint density at radius 3 is 2.56 bits per heavy atom. The first kappa shape index (κ1) is 24.0. The summed E-state index contributed by atoms with van der Waals surface area (Å²) < 4.78 is 5.82. The van der Waals surface area contributed by atoms with Crippen molar-refractivity contribution in [3.63, 3.8) is 0 Å². The summed E-state index contributed by atoms with van der Waals surface area (Å²) in [5, 5.41) is 0. The smallest absolute Gasteiger partial charge is 0.257 e. The molecule has 0 bridgehead atoms. The van der Waals surface area contributed by atoms with E-state index in [2.05, 4.69) is 18.7 Å². The van der Waals surface area contributed by atoms with Crippen LogP contribution < -0.4 is 10.5 Å². The molecule has 0 saturated carbocycles. The predicted octanol–water partition coefficient (Wildman–Crippen LogP) is 2.67. The summed E-state index contributed by atoms with van der Waals surface area (Å²) >= 11 is 0. The number of nitrogens with two attached hydrogens (primary N) is 1. The van der Waals surface area contributed by atoms with Crippen LogP contribution in [0.5, 0.6) is 5.75 Å². The van der Waals surface area contributed by atoms with Gasteiger partial charge in [0.1, 0.15) is 12.4 Å². The van der Waals surface area contributed by atoms with Gasteiger partial charge in [-0.05, 0) is 38.1 Å². The molecule has 7 heteroatoms. The van der Waals surface area contributed by atoms with Crippen LogP contribution in [0.3, 0.4) is 0 Å². The number of hydrogen-bond donors (Lipinski definition) is 1. The number of amides is 1. The molecule has 0 aromatic heterocycles.